The molecule has 3 heteroatoms. The van der Waals surface area contributed by atoms with E-state index in [1.54, 1.807) is 18.2 Å². The normalized spacial score (nSPS) is 12.8. The van der Waals surface area contributed by atoms with Crippen molar-refractivity contribution in [3.05, 3.63) is 42.0 Å². The molecule has 0 bridgehead atoms. The molecular formula is C11H10O2S. The molecule has 0 fully saturated rings. The van der Waals surface area contributed by atoms with Crippen molar-refractivity contribution in [1.29, 1.82) is 1.12 Å². The van der Waals surface area contributed by atoms with Gasteiger partial charge in [-0.1, -0.05) is 30.3 Å². The number of hydrogen-bond donors (Lipinski definition) is 1. The average Bonchev–Trinajstić information content (AvgIpc) is 2.17. The lowest BCUT2D eigenvalue weighted by atomic mass is 10.1. The fourth-order valence-corrected chi connectivity index (χ4v) is 2.10. The standard InChI is InChI=1S/C11H10O2S/c1-8-6-7-11(14(12)13)10-5-3-2-4-9(8)10/h2-7,14H,1H3/i14D. The number of hydrogen-bond acceptors (Lipinski definition) is 2. The smallest absolute Gasteiger partial charge is 0.179 e. The molecular weight excluding hydrogens is 196 g/mol. The van der Waals surface area contributed by atoms with Gasteiger partial charge in [0, 0.05) is 5.39 Å². The van der Waals surface area contributed by atoms with Crippen LogP contribution in [0.5, 0.6) is 0 Å². The molecule has 72 valence electrons. The lowest BCUT2D eigenvalue weighted by Crippen LogP contribution is -1.85. The summed E-state index contributed by atoms with van der Waals surface area (Å²) in [4.78, 5) is 0.0729. The summed E-state index contributed by atoms with van der Waals surface area (Å²) < 4.78 is 29.5. The Morgan fingerprint density at radius 3 is 2.36 bits per heavy atom. The second-order valence-corrected chi connectivity index (χ2v) is 4.07. The van der Waals surface area contributed by atoms with E-state index in [-0.39, 0.29) is 4.90 Å². The Labute approximate surface area is 85.2 Å². The predicted octanol–water partition coefficient (Wildman–Crippen LogP) is 2.12. The lowest BCUT2D eigenvalue weighted by molar-refractivity contribution is 0.615. The molecule has 0 spiro atoms. The molecule has 0 aromatic heterocycles. The molecule has 0 saturated carbocycles. The first-order valence-corrected chi connectivity index (χ1v) is 5.35. The van der Waals surface area contributed by atoms with E-state index < -0.39 is 10.6 Å². The van der Waals surface area contributed by atoms with Crippen LogP contribution >= 0.6 is 0 Å². The number of thiol groups is 1. The Morgan fingerprint density at radius 2 is 1.71 bits per heavy atom. The maximum Gasteiger partial charge on any atom is 0.179 e. The van der Waals surface area contributed by atoms with Gasteiger partial charge in [-0.2, -0.15) is 0 Å². The maximum absolute atomic E-state index is 11.2. The maximum atomic E-state index is 11.2. The van der Waals surface area contributed by atoms with Gasteiger partial charge in [-0.25, -0.2) is 8.42 Å². The molecule has 0 N–H and O–H groups in total. The van der Waals surface area contributed by atoms with E-state index in [9.17, 15) is 8.42 Å². The van der Waals surface area contributed by atoms with Crippen LogP contribution in [0.15, 0.2) is 41.3 Å². The third kappa shape index (κ3) is 1.40. The van der Waals surface area contributed by atoms with Crippen LogP contribution in [0.1, 0.15) is 5.56 Å². The molecule has 0 radical (unpaired) electrons. The Kier molecular flexibility index (Phi) is 1.96. The molecule has 0 atom stereocenters. The Bertz CT molecular complexity index is 618. The van der Waals surface area contributed by atoms with Gasteiger partial charge in [0.2, 0.25) is 0 Å². The average molecular weight is 207 g/mol. The van der Waals surface area contributed by atoms with E-state index in [1.165, 1.54) is 6.07 Å². The molecule has 2 aromatic carbocycles. The number of benzene rings is 2. The van der Waals surface area contributed by atoms with Gasteiger partial charge >= 0.3 is 0 Å². The van der Waals surface area contributed by atoms with E-state index in [0.717, 1.165) is 10.9 Å². The van der Waals surface area contributed by atoms with Crippen molar-refractivity contribution in [1.82, 2.24) is 0 Å². The summed E-state index contributed by atoms with van der Waals surface area (Å²) in [7, 11) is -3.90. The van der Waals surface area contributed by atoms with Crippen molar-refractivity contribution >= 4 is 21.4 Å². The van der Waals surface area contributed by atoms with Crippen LogP contribution < -0.4 is 0 Å². The highest BCUT2D eigenvalue weighted by molar-refractivity contribution is 7.72. The van der Waals surface area contributed by atoms with Gasteiger partial charge < -0.3 is 0 Å². The minimum Gasteiger partial charge on any atom is -0.227 e. The predicted molar refractivity (Wildman–Crippen MR) is 57.3 cm³/mol. The van der Waals surface area contributed by atoms with E-state index in [0.29, 0.717) is 5.39 Å². The van der Waals surface area contributed by atoms with Gasteiger partial charge in [-0.15, -0.1) is 0 Å². The molecule has 2 rings (SSSR count). The highest BCUT2D eigenvalue weighted by atomic mass is 32.2. The van der Waals surface area contributed by atoms with Gasteiger partial charge in [0.05, 0.1) is 4.90 Å². The Hall–Kier alpha value is -1.35. The van der Waals surface area contributed by atoms with Crippen molar-refractivity contribution in [3.8, 4) is 0 Å². The van der Waals surface area contributed by atoms with Crippen molar-refractivity contribution in [2.75, 3.05) is 0 Å². The zero-order valence-corrected chi connectivity index (χ0v) is 8.51. The minimum atomic E-state index is -3.90. The van der Waals surface area contributed by atoms with Gasteiger partial charge in [0.1, 0.15) is 0 Å². The molecule has 0 heterocycles. The lowest BCUT2D eigenvalue weighted by Gasteiger charge is -2.03. The second kappa shape index (κ2) is 3.42. The SMILES string of the molecule is [2H]S(=O)(=O)c1ccc(C)c2ccccc12. The van der Waals surface area contributed by atoms with Gasteiger partial charge in [0.15, 0.2) is 11.7 Å². The van der Waals surface area contributed by atoms with E-state index in [1.807, 2.05) is 19.1 Å². The van der Waals surface area contributed by atoms with Crippen LogP contribution in [0.2, 0.25) is 0 Å². The second-order valence-electron chi connectivity index (χ2n) is 3.16. The van der Waals surface area contributed by atoms with Crippen LogP contribution in [0.3, 0.4) is 0 Å². The molecule has 0 aliphatic heterocycles. The molecule has 0 aliphatic rings. The summed E-state index contributed by atoms with van der Waals surface area (Å²) in [5.74, 6) is 0. The summed E-state index contributed by atoms with van der Waals surface area (Å²) in [6.45, 7) is 1.92. The highest BCUT2D eigenvalue weighted by Crippen LogP contribution is 2.22. The summed E-state index contributed by atoms with van der Waals surface area (Å²) in [6.07, 6.45) is 0. The van der Waals surface area contributed by atoms with Crippen molar-refractivity contribution in [3.63, 3.8) is 0 Å². The van der Waals surface area contributed by atoms with Crippen LogP contribution in [-0.4, -0.2) is 9.54 Å². The fraction of sp³-hybridized carbons (Fsp3) is 0.0909. The third-order valence-corrected chi connectivity index (χ3v) is 3.00. The number of fused-ring (bicyclic) bond motifs is 1. The zero-order chi connectivity index (χ0) is 11.1. The van der Waals surface area contributed by atoms with Crippen LogP contribution in [-0.2, 0) is 10.6 Å². The summed E-state index contributed by atoms with van der Waals surface area (Å²) in [5.41, 5.74) is 1.01. The Morgan fingerprint density at radius 1 is 1.07 bits per heavy atom. The van der Waals surface area contributed by atoms with E-state index >= 15 is 0 Å². The van der Waals surface area contributed by atoms with Gasteiger partial charge in [-0.3, -0.25) is 0 Å². The monoisotopic (exact) mass is 207 g/mol. The van der Waals surface area contributed by atoms with Crippen LogP contribution in [0.25, 0.3) is 10.8 Å². The summed E-state index contributed by atoms with van der Waals surface area (Å²) >= 11 is 0. The molecule has 0 unspecified atom stereocenters. The minimum absolute atomic E-state index is 0.0729. The number of aryl methyl sites for hydroxylation is 1. The summed E-state index contributed by atoms with van der Waals surface area (Å²) in [5, 5.41) is 1.50. The zero-order valence-electron chi connectivity index (χ0n) is 8.69. The topological polar surface area (TPSA) is 34.1 Å². The van der Waals surface area contributed by atoms with Crippen LogP contribution in [0, 0.1) is 6.92 Å². The quantitative estimate of drug-likeness (QED) is 0.727. The summed E-state index contributed by atoms with van der Waals surface area (Å²) in [6, 6.07) is 10.4. The number of rotatable bonds is 1. The Balaban J connectivity index is 2.96. The fourth-order valence-electron chi connectivity index (χ4n) is 1.57. The first-order valence-electron chi connectivity index (χ1n) is 4.68. The molecule has 2 nitrogen and oxygen atoms in total. The largest absolute Gasteiger partial charge is 0.227 e. The van der Waals surface area contributed by atoms with Crippen LogP contribution in [0.4, 0.5) is 0 Å². The first kappa shape index (κ1) is 8.00. The third-order valence-electron chi connectivity index (χ3n) is 2.28. The molecule has 0 saturated heterocycles. The molecule has 0 amide bonds. The molecule has 2 aromatic rings. The molecule has 14 heavy (non-hydrogen) atoms. The highest BCUT2D eigenvalue weighted by Gasteiger charge is 2.03. The molecule has 0 aliphatic carbocycles. The van der Waals surface area contributed by atoms with E-state index in [4.69, 9.17) is 1.12 Å². The van der Waals surface area contributed by atoms with Gasteiger partial charge in [0.25, 0.3) is 0 Å². The van der Waals surface area contributed by atoms with Crippen molar-refractivity contribution in [2.24, 2.45) is 0 Å². The van der Waals surface area contributed by atoms with Gasteiger partial charge in [-0.05, 0) is 23.9 Å². The van der Waals surface area contributed by atoms with Crippen molar-refractivity contribution in [2.45, 2.75) is 11.8 Å². The van der Waals surface area contributed by atoms with E-state index in [2.05, 4.69) is 0 Å². The van der Waals surface area contributed by atoms with Crippen molar-refractivity contribution < 1.29 is 8.42 Å². The first-order chi connectivity index (χ1) is 7.00.